The quantitative estimate of drug-likeness (QED) is 0.766. The van der Waals surface area contributed by atoms with Crippen molar-refractivity contribution in [2.45, 2.75) is 23.8 Å². The molecular formula is C21H24N2O5S. The monoisotopic (exact) mass is 416 g/mol. The topological polar surface area (TPSA) is 76.2 Å². The number of amides is 1. The van der Waals surface area contributed by atoms with Crippen LogP contribution in [-0.4, -0.2) is 57.4 Å². The van der Waals surface area contributed by atoms with Crippen LogP contribution in [0.5, 0.6) is 11.5 Å². The first-order valence-corrected chi connectivity index (χ1v) is 11.0. The fourth-order valence-electron chi connectivity index (χ4n) is 3.77. The molecular weight excluding hydrogens is 392 g/mol. The van der Waals surface area contributed by atoms with Crippen molar-refractivity contribution in [1.82, 2.24) is 9.21 Å². The average Bonchev–Trinajstić information content (AvgIpc) is 3.22. The number of hydrogen-bond acceptors (Lipinski definition) is 5. The van der Waals surface area contributed by atoms with Crippen molar-refractivity contribution in [2.24, 2.45) is 0 Å². The molecule has 2 heterocycles. The van der Waals surface area contributed by atoms with Gasteiger partial charge in [0, 0.05) is 26.2 Å². The molecule has 1 amide bonds. The molecule has 1 atom stereocenters. The van der Waals surface area contributed by atoms with Crippen LogP contribution < -0.4 is 9.47 Å². The standard InChI is InChI=1S/C21H24N2O5S/c1-22(2)29(25,26)17-8-5-15(6-9-17)21(24)23-11-3-4-18(23)16-7-10-19-20(14-16)28-13-12-27-19/h5-10,14,18H,3-4,11-13H2,1-2H3. The van der Waals surface area contributed by atoms with E-state index in [2.05, 4.69) is 0 Å². The maximum absolute atomic E-state index is 13.1. The Kier molecular flexibility index (Phi) is 5.23. The van der Waals surface area contributed by atoms with Crippen LogP contribution in [0.25, 0.3) is 0 Å². The van der Waals surface area contributed by atoms with Crippen LogP contribution in [-0.2, 0) is 10.0 Å². The summed E-state index contributed by atoms with van der Waals surface area (Å²) in [7, 11) is -0.553. The molecule has 0 radical (unpaired) electrons. The molecule has 7 nitrogen and oxygen atoms in total. The van der Waals surface area contributed by atoms with Gasteiger partial charge in [-0.1, -0.05) is 6.07 Å². The molecule has 0 N–H and O–H groups in total. The number of likely N-dealkylation sites (tertiary alicyclic amines) is 1. The summed E-state index contributed by atoms with van der Waals surface area (Å²) < 4.78 is 36.9. The lowest BCUT2D eigenvalue weighted by Crippen LogP contribution is -2.30. The van der Waals surface area contributed by atoms with Crippen molar-refractivity contribution < 1.29 is 22.7 Å². The van der Waals surface area contributed by atoms with E-state index in [0.717, 1.165) is 28.5 Å². The number of hydrogen-bond donors (Lipinski definition) is 0. The van der Waals surface area contributed by atoms with E-state index in [1.165, 1.54) is 26.2 Å². The first-order valence-electron chi connectivity index (χ1n) is 9.61. The van der Waals surface area contributed by atoms with E-state index in [1.54, 1.807) is 12.1 Å². The van der Waals surface area contributed by atoms with Gasteiger partial charge in [-0.05, 0) is 54.8 Å². The molecule has 8 heteroatoms. The fourth-order valence-corrected chi connectivity index (χ4v) is 4.67. The largest absolute Gasteiger partial charge is 0.486 e. The third-order valence-electron chi connectivity index (χ3n) is 5.34. The maximum Gasteiger partial charge on any atom is 0.254 e. The van der Waals surface area contributed by atoms with E-state index in [-0.39, 0.29) is 16.8 Å². The van der Waals surface area contributed by atoms with Crippen molar-refractivity contribution in [3.05, 3.63) is 53.6 Å². The maximum atomic E-state index is 13.1. The molecule has 2 aromatic rings. The Morgan fingerprint density at radius 1 is 1.03 bits per heavy atom. The Labute approximate surface area is 170 Å². The van der Waals surface area contributed by atoms with Crippen molar-refractivity contribution >= 4 is 15.9 Å². The van der Waals surface area contributed by atoms with Gasteiger partial charge in [-0.3, -0.25) is 4.79 Å². The fraction of sp³-hybridized carbons (Fsp3) is 0.381. The number of carbonyl (C=O) groups excluding carboxylic acids is 1. The lowest BCUT2D eigenvalue weighted by atomic mass is 10.0. The van der Waals surface area contributed by atoms with Gasteiger partial charge >= 0.3 is 0 Å². The number of ether oxygens (including phenoxy) is 2. The number of rotatable bonds is 4. The molecule has 154 valence electrons. The molecule has 0 aromatic heterocycles. The number of sulfonamides is 1. The van der Waals surface area contributed by atoms with Gasteiger partial charge in [0.15, 0.2) is 11.5 Å². The average molecular weight is 416 g/mol. The second-order valence-electron chi connectivity index (χ2n) is 7.37. The number of carbonyl (C=O) groups is 1. The molecule has 2 aliphatic heterocycles. The summed E-state index contributed by atoms with van der Waals surface area (Å²) in [6.45, 7) is 1.72. The lowest BCUT2D eigenvalue weighted by Gasteiger charge is -2.27. The summed E-state index contributed by atoms with van der Waals surface area (Å²) in [5.74, 6) is 1.34. The summed E-state index contributed by atoms with van der Waals surface area (Å²) in [5.41, 5.74) is 1.50. The van der Waals surface area contributed by atoms with Crippen molar-refractivity contribution in [3.63, 3.8) is 0 Å². The second kappa shape index (κ2) is 7.68. The highest BCUT2D eigenvalue weighted by Gasteiger charge is 2.31. The summed E-state index contributed by atoms with van der Waals surface area (Å²) in [4.78, 5) is 15.1. The predicted octanol–water partition coefficient (Wildman–Crippen LogP) is 2.69. The van der Waals surface area contributed by atoms with Crippen LogP contribution in [0, 0.1) is 0 Å². The van der Waals surface area contributed by atoms with E-state index in [0.29, 0.717) is 31.1 Å². The SMILES string of the molecule is CN(C)S(=O)(=O)c1ccc(C(=O)N2CCCC2c2ccc3c(c2)OCCO3)cc1. The van der Waals surface area contributed by atoms with Gasteiger partial charge in [-0.15, -0.1) is 0 Å². The van der Waals surface area contributed by atoms with E-state index >= 15 is 0 Å². The van der Waals surface area contributed by atoms with Gasteiger partial charge in [0.1, 0.15) is 13.2 Å². The van der Waals surface area contributed by atoms with Crippen molar-refractivity contribution in [1.29, 1.82) is 0 Å². The highest BCUT2D eigenvalue weighted by Crippen LogP contribution is 2.38. The van der Waals surface area contributed by atoms with Gasteiger partial charge in [-0.25, -0.2) is 12.7 Å². The Balaban J connectivity index is 1.57. The minimum absolute atomic E-state index is 0.0384. The first kappa shape index (κ1) is 19.7. The van der Waals surface area contributed by atoms with E-state index < -0.39 is 10.0 Å². The molecule has 2 aliphatic rings. The van der Waals surface area contributed by atoms with E-state index in [9.17, 15) is 13.2 Å². The molecule has 0 aliphatic carbocycles. The summed E-state index contributed by atoms with van der Waals surface area (Å²) >= 11 is 0. The van der Waals surface area contributed by atoms with Gasteiger partial charge in [0.05, 0.1) is 10.9 Å². The van der Waals surface area contributed by atoms with Crippen LogP contribution in [0.15, 0.2) is 47.4 Å². The van der Waals surface area contributed by atoms with Crippen molar-refractivity contribution in [2.75, 3.05) is 33.9 Å². The Hall–Kier alpha value is -2.58. The van der Waals surface area contributed by atoms with Crippen LogP contribution in [0.4, 0.5) is 0 Å². The minimum Gasteiger partial charge on any atom is -0.486 e. The Bertz CT molecular complexity index is 1020. The predicted molar refractivity (Wildman–Crippen MR) is 108 cm³/mol. The minimum atomic E-state index is -3.52. The summed E-state index contributed by atoms with van der Waals surface area (Å²) in [5, 5.41) is 0. The van der Waals surface area contributed by atoms with Gasteiger partial charge in [0.2, 0.25) is 10.0 Å². The molecule has 2 aromatic carbocycles. The number of fused-ring (bicyclic) bond motifs is 1. The van der Waals surface area contributed by atoms with Crippen LogP contribution in [0.1, 0.15) is 34.8 Å². The van der Waals surface area contributed by atoms with Gasteiger partial charge in [-0.2, -0.15) is 0 Å². The zero-order chi connectivity index (χ0) is 20.6. The molecule has 29 heavy (non-hydrogen) atoms. The zero-order valence-electron chi connectivity index (χ0n) is 16.5. The zero-order valence-corrected chi connectivity index (χ0v) is 17.3. The third-order valence-corrected chi connectivity index (χ3v) is 7.17. The Morgan fingerprint density at radius 2 is 1.72 bits per heavy atom. The number of nitrogens with zero attached hydrogens (tertiary/aromatic N) is 2. The second-order valence-corrected chi connectivity index (χ2v) is 9.52. The molecule has 4 rings (SSSR count). The van der Waals surface area contributed by atoms with E-state index in [1.807, 2.05) is 23.1 Å². The molecule has 1 saturated heterocycles. The molecule has 0 spiro atoms. The normalized spacial score (nSPS) is 18.9. The Morgan fingerprint density at radius 3 is 2.41 bits per heavy atom. The first-order chi connectivity index (χ1) is 13.9. The highest BCUT2D eigenvalue weighted by molar-refractivity contribution is 7.89. The number of benzene rings is 2. The molecule has 0 bridgehead atoms. The molecule has 1 unspecified atom stereocenters. The van der Waals surface area contributed by atoms with Gasteiger partial charge in [0.25, 0.3) is 5.91 Å². The summed E-state index contributed by atoms with van der Waals surface area (Å²) in [6.07, 6.45) is 1.79. The lowest BCUT2D eigenvalue weighted by molar-refractivity contribution is 0.0735. The van der Waals surface area contributed by atoms with Crippen LogP contribution in [0.3, 0.4) is 0 Å². The molecule has 1 fully saturated rings. The third kappa shape index (κ3) is 3.70. The summed E-state index contributed by atoms with van der Waals surface area (Å²) in [6, 6.07) is 11.9. The molecule has 0 saturated carbocycles. The van der Waals surface area contributed by atoms with Crippen molar-refractivity contribution in [3.8, 4) is 11.5 Å². The highest BCUT2D eigenvalue weighted by atomic mass is 32.2. The van der Waals surface area contributed by atoms with Crippen LogP contribution in [0.2, 0.25) is 0 Å². The van der Waals surface area contributed by atoms with Crippen LogP contribution >= 0.6 is 0 Å². The smallest absolute Gasteiger partial charge is 0.254 e. The van der Waals surface area contributed by atoms with E-state index in [4.69, 9.17) is 9.47 Å². The van der Waals surface area contributed by atoms with Gasteiger partial charge < -0.3 is 14.4 Å².